The van der Waals surface area contributed by atoms with Crippen molar-refractivity contribution >= 4 is 26.0 Å². The molecule has 1 aliphatic heterocycles. The molecule has 2 rings (SSSR count). The number of methoxy groups -OCH3 is 1. The molecule has 0 saturated carbocycles. The summed E-state index contributed by atoms with van der Waals surface area (Å²) in [6, 6.07) is 4.85. The van der Waals surface area contributed by atoms with Crippen LogP contribution in [0.15, 0.2) is 27.6 Å². The van der Waals surface area contributed by atoms with Crippen LogP contribution < -0.4 is 10.1 Å². The van der Waals surface area contributed by atoms with E-state index in [1.165, 1.54) is 0 Å². The van der Waals surface area contributed by atoms with Gasteiger partial charge in [0, 0.05) is 13.1 Å². The summed E-state index contributed by atoms with van der Waals surface area (Å²) in [4.78, 5) is 0.301. The highest BCUT2D eigenvalue weighted by atomic mass is 79.9. The standard InChI is InChI=1S/C13H19BrN2O3S/c1-15-8-10-5-6-16(9-10)20(17,18)11-3-4-13(19-2)12(14)7-11/h3-4,7,10,15H,5-6,8-9H2,1-2H3/t10-/m0/s1. The van der Waals surface area contributed by atoms with Crippen LogP contribution >= 0.6 is 15.9 Å². The smallest absolute Gasteiger partial charge is 0.243 e. The molecular formula is C13H19BrN2O3S. The first kappa shape index (κ1) is 15.8. The van der Waals surface area contributed by atoms with Crippen molar-refractivity contribution in [1.82, 2.24) is 9.62 Å². The fourth-order valence-corrected chi connectivity index (χ4v) is 4.68. The number of rotatable bonds is 5. The van der Waals surface area contributed by atoms with Crippen LogP contribution in [0.1, 0.15) is 6.42 Å². The SMILES string of the molecule is CNC[C@@H]1CCN(S(=O)(=O)c2ccc(OC)c(Br)c2)C1. The van der Waals surface area contributed by atoms with Gasteiger partial charge >= 0.3 is 0 Å². The molecule has 0 aliphatic carbocycles. The lowest BCUT2D eigenvalue weighted by atomic mass is 10.1. The molecule has 0 spiro atoms. The Kier molecular flexibility index (Phi) is 5.06. The quantitative estimate of drug-likeness (QED) is 0.865. The van der Waals surface area contributed by atoms with Crippen LogP contribution in [0.3, 0.4) is 0 Å². The van der Waals surface area contributed by atoms with E-state index in [0.29, 0.717) is 34.1 Å². The van der Waals surface area contributed by atoms with E-state index in [0.717, 1.165) is 13.0 Å². The van der Waals surface area contributed by atoms with Crippen molar-refractivity contribution in [2.75, 3.05) is 33.8 Å². The van der Waals surface area contributed by atoms with Gasteiger partial charge in [0.1, 0.15) is 5.75 Å². The van der Waals surface area contributed by atoms with Crippen molar-refractivity contribution in [1.29, 1.82) is 0 Å². The molecule has 1 aromatic rings. The molecule has 1 N–H and O–H groups in total. The summed E-state index contributed by atoms with van der Waals surface area (Å²) >= 11 is 3.33. The van der Waals surface area contributed by atoms with Gasteiger partial charge in [-0.2, -0.15) is 4.31 Å². The molecule has 7 heteroatoms. The Bertz CT molecular complexity index is 577. The summed E-state index contributed by atoms with van der Waals surface area (Å²) in [7, 11) is 0.0219. The van der Waals surface area contributed by atoms with Crippen LogP contribution in [0.25, 0.3) is 0 Å². The summed E-state index contributed by atoms with van der Waals surface area (Å²) in [6.07, 6.45) is 0.900. The van der Waals surface area contributed by atoms with Crippen molar-refractivity contribution in [2.45, 2.75) is 11.3 Å². The Morgan fingerprint density at radius 2 is 2.25 bits per heavy atom. The number of benzene rings is 1. The van der Waals surface area contributed by atoms with Crippen LogP contribution in [-0.4, -0.2) is 46.5 Å². The van der Waals surface area contributed by atoms with Gasteiger partial charge in [-0.15, -0.1) is 0 Å². The van der Waals surface area contributed by atoms with Gasteiger partial charge in [-0.25, -0.2) is 8.42 Å². The van der Waals surface area contributed by atoms with Gasteiger partial charge < -0.3 is 10.1 Å². The number of halogens is 1. The first-order chi connectivity index (χ1) is 9.48. The minimum atomic E-state index is -3.42. The first-order valence-electron chi connectivity index (χ1n) is 6.47. The molecule has 5 nitrogen and oxygen atoms in total. The number of hydrogen-bond donors (Lipinski definition) is 1. The maximum absolute atomic E-state index is 12.6. The summed E-state index contributed by atoms with van der Waals surface area (Å²) in [5.74, 6) is 1.01. The molecule has 1 saturated heterocycles. The largest absolute Gasteiger partial charge is 0.496 e. The molecule has 1 atom stereocenters. The molecule has 1 aliphatic rings. The molecule has 0 radical (unpaired) electrons. The zero-order valence-electron chi connectivity index (χ0n) is 11.6. The van der Waals surface area contributed by atoms with Crippen molar-refractivity contribution < 1.29 is 13.2 Å². The van der Waals surface area contributed by atoms with E-state index in [9.17, 15) is 8.42 Å². The number of ether oxygens (including phenoxy) is 1. The Labute approximate surface area is 128 Å². The van der Waals surface area contributed by atoms with Crippen molar-refractivity contribution in [3.8, 4) is 5.75 Å². The third-order valence-electron chi connectivity index (χ3n) is 3.50. The maximum Gasteiger partial charge on any atom is 0.243 e. The Balaban J connectivity index is 2.21. The van der Waals surface area contributed by atoms with E-state index < -0.39 is 10.0 Å². The molecule has 0 bridgehead atoms. The van der Waals surface area contributed by atoms with E-state index in [-0.39, 0.29) is 0 Å². The zero-order valence-corrected chi connectivity index (χ0v) is 14.0. The van der Waals surface area contributed by atoms with Gasteiger partial charge in [0.2, 0.25) is 10.0 Å². The van der Waals surface area contributed by atoms with E-state index >= 15 is 0 Å². The second-order valence-corrected chi connectivity index (χ2v) is 7.66. The highest BCUT2D eigenvalue weighted by Crippen LogP contribution is 2.30. The molecule has 112 valence electrons. The summed E-state index contributed by atoms with van der Waals surface area (Å²) in [5, 5.41) is 3.10. The molecule has 1 aromatic carbocycles. The van der Waals surface area contributed by atoms with Crippen molar-refractivity contribution in [2.24, 2.45) is 5.92 Å². The van der Waals surface area contributed by atoms with Gasteiger partial charge in [0.25, 0.3) is 0 Å². The third-order valence-corrected chi connectivity index (χ3v) is 5.98. The molecule has 1 fully saturated rings. The number of nitrogens with one attached hydrogen (secondary N) is 1. The number of nitrogens with zero attached hydrogens (tertiary/aromatic N) is 1. The van der Waals surface area contributed by atoms with E-state index in [1.54, 1.807) is 29.6 Å². The maximum atomic E-state index is 12.6. The number of hydrogen-bond acceptors (Lipinski definition) is 4. The van der Waals surface area contributed by atoms with Gasteiger partial charge in [-0.3, -0.25) is 0 Å². The van der Waals surface area contributed by atoms with Crippen LogP contribution in [0.4, 0.5) is 0 Å². The zero-order chi connectivity index (χ0) is 14.8. The van der Waals surface area contributed by atoms with Crippen LogP contribution in [-0.2, 0) is 10.0 Å². The first-order valence-corrected chi connectivity index (χ1v) is 8.70. The fraction of sp³-hybridized carbons (Fsp3) is 0.538. The Morgan fingerprint density at radius 3 is 2.85 bits per heavy atom. The van der Waals surface area contributed by atoms with Crippen molar-refractivity contribution in [3.63, 3.8) is 0 Å². The Hall–Kier alpha value is -0.630. The third kappa shape index (κ3) is 3.16. The molecular weight excluding hydrogens is 344 g/mol. The molecule has 0 unspecified atom stereocenters. The minimum Gasteiger partial charge on any atom is -0.496 e. The topological polar surface area (TPSA) is 58.6 Å². The molecule has 1 heterocycles. The van der Waals surface area contributed by atoms with Crippen LogP contribution in [0.5, 0.6) is 5.75 Å². The van der Waals surface area contributed by atoms with Crippen molar-refractivity contribution in [3.05, 3.63) is 22.7 Å². The second kappa shape index (κ2) is 6.43. The highest BCUT2D eigenvalue weighted by Gasteiger charge is 2.32. The summed E-state index contributed by atoms with van der Waals surface area (Å²) in [5.41, 5.74) is 0. The Morgan fingerprint density at radius 1 is 1.50 bits per heavy atom. The fourth-order valence-electron chi connectivity index (χ4n) is 2.43. The van der Waals surface area contributed by atoms with E-state index in [4.69, 9.17) is 4.74 Å². The summed E-state index contributed by atoms with van der Waals surface area (Å²) in [6.45, 7) is 2.00. The molecule has 20 heavy (non-hydrogen) atoms. The highest BCUT2D eigenvalue weighted by molar-refractivity contribution is 9.10. The number of sulfonamides is 1. The lowest BCUT2D eigenvalue weighted by Gasteiger charge is -2.17. The van der Waals surface area contributed by atoms with Crippen LogP contribution in [0.2, 0.25) is 0 Å². The summed E-state index contributed by atoms with van der Waals surface area (Å²) < 4.78 is 32.5. The average Bonchev–Trinajstić information content (AvgIpc) is 2.88. The predicted octanol–water partition coefficient (Wildman–Crippen LogP) is 1.69. The minimum absolute atomic E-state index is 0.301. The van der Waals surface area contributed by atoms with Gasteiger partial charge in [0.15, 0.2) is 0 Å². The lowest BCUT2D eigenvalue weighted by Crippen LogP contribution is -2.30. The molecule has 0 amide bonds. The average molecular weight is 363 g/mol. The lowest BCUT2D eigenvalue weighted by molar-refractivity contribution is 0.411. The van der Waals surface area contributed by atoms with Gasteiger partial charge in [-0.1, -0.05) is 0 Å². The normalized spacial score (nSPS) is 20.2. The molecule has 0 aromatic heterocycles. The van der Waals surface area contributed by atoms with Gasteiger partial charge in [-0.05, 0) is 60.1 Å². The van der Waals surface area contributed by atoms with Gasteiger partial charge in [0.05, 0.1) is 16.5 Å². The second-order valence-electron chi connectivity index (χ2n) is 4.87. The predicted molar refractivity (Wildman–Crippen MR) is 81.5 cm³/mol. The van der Waals surface area contributed by atoms with E-state index in [2.05, 4.69) is 21.2 Å². The van der Waals surface area contributed by atoms with E-state index in [1.807, 2.05) is 7.05 Å². The monoisotopic (exact) mass is 362 g/mol. The van der Waals surface area contributed by atoms with Crippen LogP contribution in [0, 0.1) is 5.92 Å².